The first-order valence-electron chi connectivity index (χ1n) is 8.16. The van der Waals surface area contributed by atoms with Gasteiger partial charge in [-0.15, -0.1) is 10.2 Å². The summed E-state index contributed by atoms with van der Waals surface area (Å²) >= 11 is 1.67. The van der Waals surface area contributed by atoms with Gasteiger partial charge in [0.15, 0.2) is 11.0 Å². The minimum atomic E-state index is 0.738. The highest BCUT2D eigenvalue weighted by Crippen LogP contribution is 2.24. The molecule has 0 bridgehead atoms. The fourth-order valence-corrected chi connectivity index (χ4v) is 3.20. The molecule has 0 unspecified atom stereocenters. The van der Waals surface area contributed by atoms with E-state index < -0.39 is 0 Å². The van der Waals surface area contributed by atoms with E-state index in [1.54, 1.807) is 11.8 Å². The molecule has 0 atom stereocenters. The van der Waals surface area contributed by atoms with Crippen molar-refractivity contribution in [2.24, 2.45) is 7.05 Å². The van der Waals surface area contributed by atoms with Gasteiger partial charge >= 0.3 is 0 Å². The van der Waals surface area contributed by atoms with Crippen molar-refractivity contribution in [1.29, 1.82) is 0 Å². The number of rotatable bonds is 9. The van der Waals surface area contributed by atoms with Gasteiger partial charge in [0.2, 0.25) is 0 Å². The van der Waals surface area contributed by atoms with Crippen molar-refractivity contribution < 1.29 is 4.74 Å². The summed E-state index contributed by atoms with van der Waals surface area (Å²) in [6, 6.07) is 8.54. The van der Waals surface area contributed by atoms with Crippen molar-refractivity contribution in [3.05, 3.63) is 24.3 Å². The van der Waals surface area contributed by atoms with Gasteiger partial charge < -0.3 is 14.2 Å². The Morgan fingerprint density at radius 3 is 2.39 bits per heavy atom. The van der Waals surface area contributed by atoms with Crippen molar-refractivity contribution >= 4 is 17.4 Å². The molecule has 0 saturated carbocycles. The Labute approximate surface area is 143 Å². The zero-order chi connectivity index (χ0) is 16.7. The van der Waals surface area contributed by atoms with E-state index in [1.165, 1.54) is 5.69 Å². The van der Waals surface area contributed by atoms with E-state index in [9.17, 15) is 0 Å². The van der Waals surface area contributed by atoms with Crippen LogP contribution in [-0.2, 0) is 11.8 Å². The molecule has 126 valence electrons. The topological polar surface area (TPSA) is 43.2 Å². The molecule has 0 amide bonds. The van der Waals surface area contributed by atoms with Crippen LogP contribution in [0.5, 0.6) is 0 Å². The summed E-state index contributed by atoms with van der Waals surface area (Å²) in [6.07, 6.45) is 0. The van der Waals surface area contributed by atoms with Crippen LogP contribution in [0.2, 0.25) is 0 Å². The molecule has 0 aliphatic carbocycles. The number of hydrogen-bond acceptors (Lipinski definition) is 5. The van der Waals surface area contributed by atoms with Gasteiger partial charge in [0.05, 0.1) is 6.61 Å². The molecule has 2 rings (SSSR count). The standard InChI is InChI=1S/C17H26N4OS/c1-5-21(6-2)15-10-8-14(9-11-15)16-18-19-17(20(16)4)23-13-12-22-7-3/h8-11H,5-7,12-13H2,1-4H3. The van der Waals surface area contributed by atoms with Gasteiger partial charge in [-0.2, -0.15) is 0 Å². The summed E-state index contributed by atoms with van der Waals surface area (Å²) in [6.45, 7) is 9.87. The SMILES string of the molecule is CCOCCSc1nnc(-c2ccc(N(CC)CC)cc2)n1C. The second-order valence-electron chi connectivity index (χ2n) is 5.13. The monoisotopic (exact) mass is 334 g/mol. The van der Waals surface area contributed by atoms with Gasteiger partial charge in [0, 0.05) is 43.7 Å². The molecular weight excluding hydrogens is 308 g/mol. The number of thioether (sulfide) groups is 1. The van der Waals surface area contributed by atoms with Crippen molar-refractivity contribution in [3.63, 3.8) is 0 Å². The lowest BCUT2D eigenvalue weighted by Crippen LogP contribution is -2.21. The second-order valence-corrected chi connectivity index (χ2v) is 6.19. The summed E-state index contributed by atoms with van der Waals surface area (Å²) in [4.78, 5) is 2.33. The van der Waals surface area contributed by atoms with Gasteiger partial charge in [0.25, 0.3) is 0 Å². The first-order valence-corrected chi connectivity index (χ1v) is 9.15. The smallest absolute Gasteiger partial charge is 0.191 e. The summed E-state index contributed by atoms with van der Waals surface area (Å²) in [5.41, 5.74) is 2.33. The largest absolute Gasteiger partial charge is 0.381 e. The molecular formula is C17H26N4OS. The van der Waals surface area contributed by atoms with Crippen LogP contribution >= 0.6 is 11.8 Å². The first kappa shape index (κ1) is 17.8. The van der Waals surface area contributed by atoms with E-state index in [4.69, 9.17) is 4.74 Å². The molecule has 6 heteroatoms. The molecule has 23 heavy (non-hydrogen) atoms. The van der Waals surface area contributed by atoms with Crippen LogP contribution in [0.3, 0.4) is 0 Å². The normalized spacial score (nSPS) is 11.0. The molecule has 1 heterocycles. The van der Waals surface area contributed by atoms with E-state index in [0.29, 0.717) is 0 Å². The Morgan fingerprint density at radius 1 is 1.09 bits per heavy atom. The van der Waals surface area contributed by atoms with Gasteiger partial charge in [0.1, 0.15) is 0 Å². The predicted octanol–water partition coefficient (Wildman–Crippen LogP) is 3.46. The van der Waals surface area contributed by atoms with Crippen LogP contribution in [0.4, 0.5) is 5.69 Å². The van der Waals surface area contributed by atoms with E-state index >= 15 is 0 Å². The average Bonchev–Trinajstić information content (AvgIpc) is 2.94. The average molecular weight is 334 g/mol. The number of nitrogens with zero attached hydrogens (tertiary/aromatic N) is 4. The summed E-state index contributed by atoms with van der Waals surface area (Å²) in [7, 11) is 2.01. The van der Waals surface area contributed by atoms with Gasteiger partial charge in [-0.1, -0.05) is 11.8 Å². The lowest BCUT2D eigenvalue weighted by Gasteiger charge is -2.21. The summed E-state index contributed by atoms with van der Waals surface area (Å²) < 4.78 is 7.41. The number of benzene rings is 1. The Hall–Kier alpha value is -1.53. The highest BCUT2D eigenvalue weighted by molar-refractivity contribution is 7.99. The number of hydrogen-bond donors (Lipinski definition) is 0. The molecule has 2 aromatic rings. The maximum Gasteiger partial charge on any atom is 0.191 e. The molecule has 0 radical (unpaired) electrons. The lowest BCUT2D eigenvalue weighted by atomic mass is 10.2. The summed E-state index contributed by atoms with van der Waals surface area (Å²) in [5, 5.41) is 9.55. The quantitative estimate of drug-likeness (QED) is 0.519. The number of aromatic nitrogens is 3. The van der Waals surface area contributed by atoms with Crippen molar-refractivity contribution in [2.75, 3.05) is 37.0 Å². The highest BCUT2D eigenvalue weighted by atomic mass is 32.2. The summed E-state index contributed by atoms with van der Waals surface area (Å²) in [5.74, 6) is 1.79. The maximum atomic E-state index is 5.36. The predicted molar refractivity (Wildman–Crippen MR) is 97.2 cm³/mol. The van der Waals surface area contributed by atoms with Crippen molar-refractivity contribution in [3.8, 4) is 11.4 Å². The van der Waals surface area contributed by atoms with Gasteiger partial charge in [-0.3, -0.25) is 0 Å². The van der Waals surface area contributed by atoms with E-state index in [1.807, 2.05) is 18.5 Å². The molecule has 1 aromatic carbocycles. The Morgan fingerprint density at radius 2 is 1.78 bits per heavy atom. The van der Waals surface area contributed by atoms with Crippen LogP contribution in [0, 0.1) is 0 Å². The van der Waals surface area contributed by atoms with Crippen molar-refractivity contribution in [1.82, 2.24) is 14.8 Å². The fraction of sp³-hybridized carbons (Fsp3) is 0.529. The fourth-order valence-electron chi connectivity index (χ4n) is 2.44. The third kappa shape index (κ3) is 4.48. The lowest BCUT2D eigenvalue weighted by molar-refractivity contribution is 0.164. The molecule has 0 fully saturated rings. The molecule has 0 aliphatic heterocycles. The first-order chi connectivity index (χ1) is 11.2. The third-order valence-electron chi connectivity index (χ3n) is 3.75. The van der Waals surface area contributed by atoms with Crippen LogP contribution in [0.15, 0.2) is 29.4 Å². The maximum absolute atomic E-state index is 5.36. The molecule has 0 saturated heterocycles. The van der Waals surface area contributed by atoms with Crippen LogP contribution < -0.4 is 4.90 Å². The zero-order valence-electron chi connectivity index (χ0n) is 14.5. The minimum Gasteiger partial charge on any atom is -0.381 e. The molecule has 0 aliphatic rings. The van der Waals surface area contributed by atoms with Crippen LogP contribution in [-0.4, -0.2) is 46.8 Å². The third-order valence-corrected chi connectivity index (χ3v) is 4.74. The van der Waals surface area contributed by atoms with E-state index in [0.717, 1.165) is 48.6 Å². The Kier molecular flexibility index (Phi) is 6.92. The highest BCUT2D eigenvalue weighted by Gasteiger charge is 2.11. The minimum absolute atomic E-state index is 0.738. The number of ether oxygens (including phenoxy) is 1. The van der Waals surface area contributed by atoms with E-state index in [2.05, 4.69) is 53.2 Å². The Balaban J connectivity index is 2.08. The van der Waals surface area contributed by atoms with Gasteiger partial charge in [-0.05, 0) is 45.0 Å². The van der Waals surface area contributed by atoms with Crippen LogP contribution in [0.1, 0.15) is 20.8 Å². The van der Waals surface area contributed by atoms with Gasteiger partial charge in [-0.25, -0.2) is 0 Å². The van der Waals surface area contributed by atoms with Crippen LogP contribution in [0.25, 0.3) is 11.4 Å². The molecule has 0 N–H and O–H groups in total. The Bertz CT molecular complexity index is 593. The second kappa shape index (κ2) is 8.93. The van der Waals surface area contributed by atoms with Crippen molar-refractivity contribution in [2.45, 2.75) is 25.9 Å². The van der Waals surface area contributed by atoms with E-state index in [-0.39, 0.29) is 0 Å². The molecule has 1 aromatic heterocycles. The zero-order valence-corrected chi connectivity index (χ0v) is 15.3. The number of anilines is 1. The molecule has 0 spiro atoms. The molecule has 5 nitrogen and oxygen atoms in total.